The molecule has 3 saturated carbocycles. The van der Waals surface area contributed by atoms with Crippen LogP contribution in [0.3, 0.4) is 0 Å². The maximum atomic E-state index is 3.45. The highest BCUT2D eigenvalue weighted by Gasteiger charge is 2.47. The van der Waals surface area contributed by atoms with Gasteiger partial charge in [0.1, 0.15) is 0 Å². The van der Waals surface area contributed by atoms with Gasteiger partial charge < -0.3 is 5.32 Å². The van der Waals surface area contributed by atoms with E-state index in [1.165, 1.54) is 25.8 Å². The van der Waals surface area contributed by atoms with Crippen LogP contribution < -0.4 is 5.32 Å². The summed E-state index contributed by atoms with van der Waals surface area (Å²) in [6, 6.07) is 0. The Morgan fingerprint density at radius 1 is 1.12 bits per heavy atom. The molecular formula is C15H27N. The molecule has 0 heterocycles. The van der Waals surface area contributed by atoms with E-state index in [-0.39, 0.29) is 0 Å². The maximum absolute atomic E-state index is 3.45. The lowest BCUT2D eigenvalue weighted by Crippen LogP contribution is -2.34. The molecule has 0 aromatic heterocycles. The minimum atomic E-state index is 0.615. The fourth-order valence-electron chi connectivity index (χ4n) is 4.79. The third kappa shape index (κ3) is 1.92. The number of rotatable bonds is 5. The van der Waals surface area contributed by atoms with Crippen LogP contribution in [0.1, 0.15) is 51.9 Å². The van der Waals surface area contributed by atoms with Gasteiger partial charge in [0.15, 0.2) is 0 Å². The van der Waals surface area contributed by atoms with Crippen LogP contribution in [0.4, 0.5) is 0 Å². The molecule has 0 aromatic carbocycles. The lowest BCUT2D eigenvalue weighted by Gasteiger charge is -2.35. The smallest absolute Gasteiger partial charge is 0.000491 e. The number of hydrogen-bond donors (Lipinski definition) is 1. The Bertz CT molecular complexity index is 258. The molecule has 3 aliphatic carbocycles. The van der Waals surface area contributed by atoms with Gasteiger partial charge in [-0.15, -0.1) is 0 Å². The Balaban J connectivity index is 1.63. The number of hydrogen-bond acceptors (Lipinski definition) is 1. The van der Waals surface area contributed by atoms with Gasteiger partial charge in [0.25, 0.3) is 0 Å². The van der Waals surface area contributed by atoms with Crippen LogP contribution in [-0.2, 0) is 0 Å². The van der Waals surface area contributed by atoms with Crippen molar-refractivity contribution in [2.45, 2.75) is 51.9 Å². The topological polar surface area (TPSA) is 12.0 Å². The van der Waals surface area contributed by atoms with Crippen molar-refractivity contribution < 1.29 is 0 Å². The summed E-state index contributed by atoms with van der Waals surface area (Å²) in [6.07, 6.45) is 10.8. The van der Waals surface area contributed by atoms with E-state index in [0.717, 1.165) is 23.7 Å². The summed E-state index contributed by atoms with van der Waals surface area (Å²) in [5.74, 6) is 4.35. The standard InChI is InChI=1S/C15H27N/c1-15(10-16-2,14-5-6-14)9-13-8-11-3-4-12(13)7-11/h11-14,16H,3-10H2,1-2H3. The SMILES string of the molecule is CNCC(C)(CC1CC2CCC1C2)C1CC1. The van der Waals surface area contributed by atoms with E-state index >= 15 is 0 Å². The molecule has 0 spiro atoms. The zero-order chi connectivity index (χ0) is 11.2. The predicted octanol–water partition coefficient (Wildman–Crippen LogP) is 3.45. The fraction of sp³-hybridized carbons (Fsp3) is 1.00. The van der Waals surface area contributed by atoms with Crippen molar-refractivity contribution in [3.63, 3.8) is 0 Å². The molecule has 3 aliphatic rings. The number of fused-ring (bicyclic) bond motifs is 2. The highest BCUT2D eigenvalue weighted by Crippen LogP contribution is 2.56. The van der Waals surface area contributed by atoms with E-state index in [1.54, 1.807) is 25.7 Å². The molecule has 0 aliphatic heterocycles. The van der Waals surface area contributed by atoms with E-state index in [9.17, 15) is 0 Å². The first-order valence-electron chi connectivity index (χ1n) is 7.36. The molecular weight excluding hydrogens is 194 g/mol. The van der Waals surface area contributed by atoms with Crippen LogP contribution in [0.5, 0.6) is 0 Å². The van der Waals surface area contributed by atoms with Crippen LogP contribution >= 0.6 is 0 Å². The predicted molar refractivity (Wildman–Crippen MR) is 68.3 cm³/mol. The largest absolute Gasteiger partial charge is 0.319 e. The first kappa shape index (κ1) is 11.1. The normalized spacial score (nSPS) is 41.2. The quantitative estimate of drug-likeness (QED) is 0.750. The molecule has 0 radical (unpaired) electrons. The highest BCUT2D eigenvalue weighted by molar-refractivity contribution is 4.98. The van der Waals surface area contributed by atoms with E-state index in [1.807, 2.05) is 0 Å². The lowest BCUT2D eigenvalue weighted by molar-refractivity contribution is 0.162. The Hall–Kier alpha value is -0.0400. The molecule has 3 fully saturated rings. The Kier molecular flexibility index (Phi) is 2.78. The molecule has 0 saturated heterocycles. The molecule has 0 amide bonds. The van der Waals surface area contributed by atoms with Gasteiger partial charge in [-0.25, -0.2) is 0 Å². The van der Waals surface area contributed by atoms with Crippen molar-refractivity contribution in [3.8, 4) is 0 Å². The molecule has 1 N–H and O–H groups in total. The second-order valence-electron chi connectivity index (χ2n) is 7.10. The molecule has 1 nitrogen and oxygen atoms in total. The molecule has 1 heteroatoms. The Morgan fingerprint density at radius 2 is 1.94 bits per heavy atom. The second-order valence-corrected chi connectivity index (χ2v) is 7.10. The Labute approximate surface area is 100 Å². The van der Waals surface area contributed by atoms with Gasteiger partial charge in [0.2, 0.25) is 0 Å². The molecule has 4 atom stereocenters. The average Bonchev–Trinajstić information content (AvgIpc) is 2.93. The molecule has 92 valence electrons. The number of nitrogens with one attached hydrogen (secondary N) is 1. The summed E-state index contributed by atoms with van der Waals surface area (Å²) in [7, 11) is 2.13. The van der Waals surface area contributed by atoms with Gasteiger partial charge >= 0.3 is 0 Å². The highest BCUT2D eigenvalue weighted by atomic mass is 14.8. The third-order valence-corrected chi connectivity index (χ3v) is 5.76. The van der Waals surface area contributed by atoms with Crippen LogP contribution in [0.15, 0.2) is 0 Å². The van der Waals surface area contributed by atoms with Crippen molar-refractivity contribution in [1.82, 2.24) is 5.32 Å². The van der Waals surface area contributed by atoms with Crippen LogP contribution in [-0.4, -0.2) is 13.6 Å². The van der Waals surface area contributed by atoms with E-state index in [0.29, 0.717) is 5.41 Å². The van der Waals surface area contributed by atoms with Crippen molar-refractivity contribution in [3.05, 3.63) is 0 Å². The van der Waals surface area contributed by atoms with Crippen molar-refractivity contribution in [2.75, 3.05) is 13.6 Å². The summed E-state index contributed by atoms with van der Waals surface area (Å²) in [4.78, 5) is 0. The van der Waals surface area contributed by atoms with Crippen LogP contribution in [0.2, 0.25) is 0 Å². The molecule has 16 heavy (non-hydrogen) atoms. The summed E-state index contributed by atoms with van der Waals surface area (Å²) < 4.78 is 0. The van der Waals surface area contributed by atoms with Crippen molar-refractivity contribution >= 4 is 0 Å². The van der Waals surface area contributed by atoms with Gasteiger partial charge in [-0.1, -0.05) is 13.3 Å². The Morgan fingerprint density at radius 3 is 2.44 bits per heavy atom. The van der Waals surface area contributed by atoms with Crippen molar-refractivity contribution in [1.29, 1.82) is 0 Å². The second kappa shape index (κ2) is 4.01. The van der Waals surface area contributed by atoms with E-state index < -0.39 is 0 Å². The summed E-state index contributed by atoms with van der Waals surface area (Å²) in [6.45, 7) is 3.79. The first-order chi connectivity index (χ1) is 7.71. The molecule has 0 aromatic rings. The van der Waals surface area contributed by atoms with Gasteiger partial charge in [-0.3, -0.25) is 0 Å². The van der Waals surface area contributed by atoms with Gasteiger partial charge in [-0.05, 0) is 74.7 Å². The lowest BCUT2D eigenvalue weighted by atomic mass is 9.72. The van der Waals surface area contributed by atoms with E-state index in [4.69, 9.17) is 0 Å². The van der Waals surface area contributed by atoms with Gasteiger partial charge in [0.05, 0.1) is 0 Å². The molecule has 4 unspecified atom stereocenters. The third-order valence-electron chi connectivity index (χ3n) is 5.76. The van der Waals surface area contributed by atoms with Gasteiger partial charge in [0, 0.05) is 6.54 Å². The monoisotopic (exact) mass is 221 g/mol. The summed E-state index contributed by atoms with van der Waals surface area (Å²) in [5.41, 5.74) is 0.615. The zero-order valence-electron chi connectivity index (χ0n) is 11.0. The summed E-state index contributed by atoms with van der Waals surface area (Å²) in [5, 5.41) is 3.45. The minimum Gasteiger partial charge on any atom is -0.319 e. The minimum absolute atomic E-state index is 0.615. The maximum Gasteiger partial charge on any atom is 0.000491 e. The first-order valence-corrected chi connectivity index (χ1v) is 7.36. The fourth-order valence-corrected chi connectivity index (χ4v) is 4.79. The molecule has 2 bridgehead atoms. The van der Waals surface area contributed by atoms with Crippen LogP contribution in [0, 0.1) is 29.1 Å². The van der Waals surface area contributed by atoms with Crippen molar-refractivity contribution in [2.24, 2.45) is 29.1 Å². The average molecular weight is 221 g/mol. The zero-order valence-corrected chi connectivity index (χ0v) is 11.0. The summed E-state index contributed by atoms with van der Waals surface area (Å²) >= 11 is 0. The molecule has 3 rings (SSSR count). The van der Waals surface area contributed by atoms with Crippen LogP contribution in [0.25, 0.3) is 0 Å². The van der Waals surface area contributed by atoms with Gasteiger partial charge in [-0.2, -0.15) is 0 Å². The van der Waals surface area contributed by atoms with E-state index in [2.05, 4.69) is 19.3 Å².